The van der Waals surface area contributed by atoms with Crippen molar-refractivity contribution in [1.82, 2.24) is 0 Å². The van der Waals surface area contributed by atoms with Crippen molar-refractivity contribution in [2.24, 2.45) is 0 Å². The average molecular weight is 214 g/mol. The molecule has 2 atom stereocenters. The van der Waals surface area contributed by atoms with Crippen LogP contribution in [0, 0.1) is 0 Å². The van der Waals surface area contributed by atoms with Gasteiger partial charge in [-0.05, 0) is 25.7 Å². The number of aliphatic carboxylic acids is 1. The standard InChI is InChI=1S/C12H22O3/c1-2-3-4-5-10-6-7-11(15-10)8-9-12(13)14/h10-11H,2-9H2,1H3,(H,13,14). The minimum atomic E-state index is -0.715. The van der Waals surface area contributed by atoms with Crippen LogP contribution < -0.4 is 0 Å². The minimum absolute atomic E-state index is 0.202. The van der Waals surface area contributed by atoms with Gasteiger partial charge in [0.1, 0.15) is 0 Å². The summed E-state index contributed by atoms with van der Waals surface area (Å²) in [4.78, 5) is 10.4. The number of carbonyl (C=O) groups is 1. The van der Waals surface area contributed by atoms with E-state index in [4.69, 9.17) is 9.84 Å². The maximum Gasteiger partial charge on any atom is 0.303 e. The van der Waals surface area contributed by atoms with Crippen LogP contribution in [0.2, 0.25) is 0 Å². The molecule has 0 amide bonds. The van der Waals surface area contributed by atoms with E-state index in [0.717, 1.165) is 19.3 Å². The molecule has 88 valence electrons. The third-order valence-electron chi connectivity index (χ3n) is 3.01. The summed E-state index contributed by atoms with van der Waals surface area (Å²) in [7, 11) is 0. The van der Waals surface area contributed by atoms with E-state index < -0.39 is 5.97 Å². The lowest BCUT2D eigenvalue weighted by molar-refractivity contribution is -0.137. The molecule has 1 fully saturated rings. The van der Waals surface area contributed by atoms with E-state index in [1.165, 1.54) is 19.3 Å². The number of carboxylic acid groups (broad SMARTS) is 1. The van der Waals surface area contributed by atoms with Crippen LogP contribution in [0.1, 0.15) is 58.3 Å². The summed E-state index contributed by atoms with van der Waals surface area (Å²) in [6, 6.07) is 0. The lowest BCUT2D eigenvalue weighted by Gasteiger charge is -2.12. The lowest BCUT2D eigenvalue weighted by atomic mass is 10.1. The Labute approximate surface area is 91.8 Å². The molecule has 0 saturated carbocycles. The normalized spacial score (nSPS) is 25.7. The van der Waals surface area contributed by atoms with Gasteiger partial charge in [0, 0.05) is 6.42 Å². The molecule has 0 aromatic heterocycles. The molecule has 1 heterocycles. The van der Waals surface area contributed by atoms with Crippen molar-refractivity contribution in [3.05, 3.63) is 0 Å². The predicted octanol–water partition coefficient (Wildman–Crippen LogP) is 2.98. The summed E-state index contributed by atoms with van der Waals surface area (Å²) in [6.45, 7) is 2.20. The molecule has 0 aromatic rings. The van der Waals surface area contributed by atoms with Crippen LogP contribution in [0.3, 0.4) is 0 Å². The molecule has 0 bridgehead atoms. The maximum atomic E-state index is 10.4. The number of hydrogen-bond acceptors (Lipinski definition) is 2. The van der Waals surface area contributed by atoms with Gasteiger partial charge in [-0.3, -0.25) is 4.79 Å². The first-order valence-electron chi connectivity index (χ1n) is 6.09. The van der Waals surface area contributed by atoms with Gasteiger partial charge in [-0.1, -0.05) is 26.2 Å². The van der Waals surface area contributed by atoms with Gasteiger partial charge < -0.3 is 9.84 Å². The molecule has 15 heavy (non-hydrogen) atoms. The second-order valence-electron chi connectivity index (χ2n) is 4.39. The molecule has 0 spiro atoms. The van der Waals surface area contributed by atoms with E-state index in [0.29, 0.717) is 12.5 Å². The number of unbranched alkanes of at least 4 members (excludes halogenated alkanes) is 2. The molecular weight excluding hydrogens is 192 g/mol. The number of carboxylic acids is 1. The van der Waals surface area contributed by atoms with E-state index >= 15 is 0 Å². The van der Waals surface area contributed by atoms with Crippen molar-refractivity contribution >= 4 is 5.97 Å². The van der Waals surface area contributed by atoms with Crippen LogP contribution >= 0.6 is 0 Å². The predicted molar refractivity (Wildman–Crippen MR) is 58.9 cm³/mol. The van der Waals surface area contributed by atoms with Crippen molar-refractivity contribution in [3.63, 3.8) is 0 Å². The van der Waals surface area contributed by atoms with Crippen molar-refractivity contribution in [2.75, 3.05) is 0 Å². The highest BCUT2D eigenvalue weighted by atomic mass is 16.5. The Morgan fingerprint density at radius 1 is 1.27 bits per heavy atom. The molecule has 1 N–H and O–H groups in total. The average Bonchev–Trinajstić information content (AvgIpc) is 2.63. The lowest BCUT2D eigenvalue weighted by Crippen LogP contribution is -2.12. The van der Waals surface area contributed by atoms with Gasteiger partial charge in [0.25, 0.3) is 0 Å². The second kappa shape index (κ2) is 6.83. The summed E-state index contributed by atoms with van der Waals surface area (Å²) in [5.74, 6) is -0.715. The first-order chi connectivity index (χ1) is 7.22. The Morgan fingerprint density at radius 2 is 1.93 bits per heavy atom. The molecule has 0 radical (unpaired) electrons. The van der Waals surface area contributed by atoms with Crippen LogP contribution in [-0.2, 0) is 9.53 Å². The van der Waals surface area contributed by atoms with Gasteiger partial charge in [0.2, 0.25) is 0 Å². The Balaban J connectivity index is 2.07. The zero-order valence-corrected chi connectivity index (χ0v) is 9.58. The van der Waals surface area contributed by atoms with E-state index in [2.05, 4.69) is 6.92 Å². The monoisotopic (exact) mass is 214 g/mol. The fraction of sp³-hybridized carbons (Fsp3) is 0.917. The van der Waals surface area contributed by atoms with Crippen molar-refractivity contribution in [3.8, 4) is 0 Å². The van der Waals surface area contributed by atoms with E-state index in [9.17, 15) is 4.79 Å². The molecule has 1 aliphatic heterocycles. The third-order valence-corrected chi connectivity index (χ3v) is 3.01. The summed E-state index contributed by atoms with van der Waals surface area (Å²) in [5.41, 5.74) is 0. The van der Waals surface area contributed by atoms with Crippen LogP contribution in [0.15, 0.2) is 0 Å². The van der Waals surface area contributed by atoms with Gasteiger partial charge in [-0.2, -0.15) is 0 Å². The number of ether oxygens (including phenoxy) is 1. The Bertz CT molecular complexity index is 191. The zero-order chi connectivity index (χ0) is 11.1. The SMILES string of the molecule is CCCCCC1CCC(CCC(=O)O)O1. The Kier molecular flexibility index (Phi) is 5.69. The summed E-state index contributed by atoms with van der Waals surface area (Å²) in [5, 5.41) is 8.56. The summed E-state index contributed by atoms with van der Waals surface area (Å²) < 4.78 is 5.80. The molecule has 2 unspecified atom stereocenters. The first kappa shape index (κ1) is 12.5. The van der Waals surface area contributed by atoms with Crippen molar-refractivity contribution in [2.45, 2.75) is 70.5 Å². The van der Waals surface area contributed by atoms with Gasteiger partial charge in [0.05, 0.1) is 12.2 Å². The summed E-state index contributed by atoms with van der Waals surface area (Å²) in [6.07, 6.45) is 8.60. The van der Waals surface area contributed by atoms with Crippen molar-refractivity contribution in [1.29, 1.82) is 0 Å². The molecule has 1 saturated heterocycles. The maximum absolute atomic E-state index is 10.4. The van der Waals surface area contributed by atoms with Gasteiger partial charge in [-0.25, -0.2) is 0 Å². The van der Waals surface area contributed by atoms with Crippen LogP contribution in [0.5, 0.6) is 0 Å². The van der Waals surface area contributed by atoms with Gasteiger partial charge in [0.15, 0.2) is 0 Å². The first-order valence-corrected chi connectivity index (χ1v) is 6.09. The Hall–Kier alpha value is -0.570. The second-order valence-corrected chi connectivity index (χ2v) is 4.39. The largest absolute Gasteiger partial charge is 0.481 e. The van der Waals surface area contributed by atoms with Crippen LogP contribution in [0.4, 0.5) is 0 Å². The fourth-order valence-electron chi connectivity index (χ4n) is 2.11. The van der Waals surface area contributed by atoms with Gasteiger partial charge in [-0.15, -0.1) is 0 Å². The molecule has 1 aliphatic rings. The molecular formula is C12H22O3. The van der Waals surface area contributed by atoms with E-state index in [1.807, 2.05) is 0 Å². The molecule has 3 nitrogen and oxygen atoms in total. The highest BCUT2D eigenvalue weighted by molar-refractivity contribution is 5.66. The van der Waals surface area contributed by atoms with E-state index in [1.54, 1.807) is 0 Å². The molecule has 0 aliphatic carbocycles. The fourth-order valence-corrected chi connectivity index (χ4v) is 2.11. The third kappa shape index (κ3) is 5.17. The molecule has 0 aromatic carbocycles. The van der Waals surface area contributed by atoms with Crippen LogP contribution in [0.25, 0.3) is 0 Å². The Morgan fingerprint density at radius 3 is 2.53 bits per heavy atom. The smallest absolute Gasteiger partial charge is 0.303 e. The minimum Gasteiger partial charge on any atom is -0.481 e. The topological polar surface area (TPSA) is 46.5 Å². The van der Waals surface area contributed by atoms with Crippen LogP contribution in [-0.4, -0.2) is 23.3 Å². The quantitative estimate of drug-likeness (QED) is 0.663. The summed E-state index contributed by atoms with van der Waals surface area (Å²) >= 11 is 0. The van der Waals surface area contributed by atoms with Crippen molar-refractivity contribution < 1.29 is 14.6 Å². The van der Waals surface area contributed by atoms with E-state index in [-0.39, 0.29) is 12.5 Å². The van der Waals surface area contributed by atoms with Gasteiger partial charge >= 0.3 is 5.97 Å². The highest BCUT2D eigenvalue weighted by Gasteiger charge is 2.24. The molecule has 1 rings (SSSR count). The number of hydrogen-bond donors (Lipinski definition) is 1. The molecule has 3 heteroatoms. The highest BCUT2D eigenvalue weighted by Crippen LogP contribution is 2.26. The zero-order valence-electron chi connectivity index (χ0n) is 9.58. The number of rotatable bonds is 7.